The van der Waals surface area contributed by atoms with Gasteiger partial charge in [0.05, 0.1) is 45.1 Å². The number of sulfonamides is 1. The second kappa shape index (κ2) is 15.0. The van der Waals surface area contributed by atoms with E-state index in [0.717, 1.165) is 17.7 Å². The van der Waals surface area contributed by atoms with E-state index in [-0.39, 0.29) is 24.7 Å². The molecule has 0 saturated heterocycles. The van der Waals surface area contributed by atoms with E-state index in [0.29, 0.717) is 28.5 Å². The topological polar surface area (TPSA) is 159 Å². The van der Waals surface area contributed by atoms with Crippen molar-refractivity contribution >= 4 is 29.9 Å². The van der Waals surface area contributed by atoms with Gasteiger partial charge in [0.25, 0.3) is 5.69 Å². The van der Waals surface area contributed by atoms with Crippen LogP contribution in [0.1, 0.15) is 26.3 Å². The Labute approximate surface area is 271 Å². The van der Waals surface area contributed by atoms with Crippen molar-refractivity contribution in [2.45, 2.75) is 50.3 Å². The molecule has 3 aromatic rings. The van der Waals surface area contributed by atoms with E-state index >= 15 is 0 Å². The quantitative estimate of drug-likeness (QED) is 0.132. The highest BCUT2D eigenvalue weighted by atomic mass is 32.2. The maximum Gasteiger partial charge on any atom is 0.289 e. The lowest BCUT2D eigenvalue weighted by molar-refractivity contribution is -0.387. The van der Waals surface area contributed by atoms with Gasteiger partial charge in [0.2, 0.25) is 21.7 Å². The summed E-state index contributed by atoms with van der Waals surface area (Å²) in [5.74, 6) is 0.808. The number of benzene rings is 2. The van der Waals surface area contributed by atoms with Crippen LogP contribution in [0.3, 0.4) is 0 Å². The summed E-state index contributed by atoms with van der Waals surface area (Å²) in [6, 6.07) is 12.1. The molecule has 1 amide bonds. The van der Waals surface area contributed by atoms with Crippen LogP contribution < -0.4 is 18.9 Å². The first-order chi connectivity index (χ1) is 21.5. The Bertz CT molecular complexity index is 1630. The van der Waals surface area contributed by atoms with E-state index in [1.54, 1.807) is 24.4 Å². The van der Waals surface area contributed by atoms with Crippen LogP contribution >= 0.6 is 0 Å². The van der Waals surface area contributed by atoms with Gasteiger partial charge in [-0.15, -0.1) is 0 Å². The fraction of sp³-hybridized carbons (Fsp3) is 0.419. The van der Waals surface area contributed by atoms with Crippen molar-refractivity contribution in [3.05, 3.63) is 70.4 Å². The second-order valence-corrected chi connectivity index (χ2v) is 18.5. The number of carbonyl (C=O) groups excluding carboxylic acids is 1. The smallest absolute Gasteiger partial charge is 0.289 e. The Morgan fingerprint density at radius 3 is 2.22 bits per heavy atom. The molecule has 1 heterocycles. The van der Waals surface area contributed by atoms with Crippen LogP contribution in [0, 0.1) is 10.1 Å². The van der Waals surface area contributed by atoms with E-state index in [1.807, 2.05) is 6.07 Å². The number of nitro benzene ring substituents is 1. The van der Waals surface area contributed by atoms with Crippen LogP contribution in [-0.2, 0) is 25.8 Å². The largest absolute Gasteiger partial charge is 0.493 e. The SMILES string of the molecule is COc1cc(-c2cc(CN(CCO[Si](C)(C)C(C)(C)C)C(=O)CNS(=O)(=O)c3ccccc3[N+](=O)[O-])ccn2)cc(OC)c1OC. The normalized spacial score (nSPS) is 12.0. The highest BCUT2D eigenvalue weighted by Crippen LogP contribution is 2.41. The molecule has 0 bridgehead atoms. The fourth-order valence-electron chi connectivity index (χ4n) is 4.28. The van der Waals surface area contributed by atoms with Crippen LogP contribution in [0.15, 0.2) is 59.6 Å². The molecule has 0 unspecified atom stereocenters. The van der Waals surface area contributed by atoms with Gasteiger partial charge in [-0.3, -0.25) is 19.9 Å². The molecule has 13 nitrogen and oxygen atoms in total. The molecule has 0 atom stereocenters. The number of nitrogens with one attached hydrogen (secondary N) is 1. The van der Waals surface area contributed by atoms with Crippen LogP contribution in [0.25, 0.3) is 11.3 Å². The minimum Gasteiger partial charge on any atom is -0.493 e. The van der Waals surface area contributed by atoms with Crippen LogP contribution in [-0.4, -0.2) is 78.5 Å². The molecule has 0 spiro atoms. The lowest BCUT2D eigenvalue weighted by atomic mass is 10.1. The van der Waals surface area contributed by atoms with Gasteiger partial charge in [0.1, 0.15) is 0 Å². The zero-order valence-corrected chi connectivity index (χ0v) is 29.3. The average Bonchev–Trinajstić information content (AvgIpc) is 3.01. The van der Waals surface area contributed by atoms with Gasteiger partial charge < -0.3 is 23.5 Å². The molecule has 46 heavy (non-hydrogen) atoms. The number of methoxy groups -OCH3 is 3. The highest BCUT2D eigenvalue weighted by Gasteiger charge is 2.37. The Kier molecular flexibility index (Phi) is 11.9. The molecule has 1 N–H and O–H groups in total. The lowest BCUT2D eigenvalue weighted by Crippen LogP contribution is -2.45. The van der Waals surface area contributed by atoms with Gasteiger partial charge in [0, 0.05) is 30.9 Å². The van der Waals surface area contributed by atoms with Crippen molar-refractivity contribution < 1.29 is 36.8 Å². The molecule has 0 saturated carbocycles. The number of para-hydroxylation sites is 1. The molecule has 0 aliphatic carbocycles. The molecule has 2 aromatic carbocycles. The number of ether oxygens (including phenoxy) is 3. The van der Waals surface area contributed by atoms with Crippen molar-refractivity contribution in [2.24, 2.45) is 0 Å². The highest BCUT2D eigenvalue weighted by molar-refractivity contribution is 7.89. The summed E-state index contributed by atoms with van der Waals surface area (Å²) < 4.78 is 50.9. The molecular formula is C31H42N4O9SSi. The zero-order valence-electron chi connectivity index (χ0n) is 27.4. The maximum atomic E-state index is 13.5. The maximum absolute atomic E-state index is 13.5. The second-order valence-electron chi connectivity index (χ2n) is 11.9. The van der Waals surface area contributed by atoms with E-state index in [9.17, 15) is 23.3 Å². The van der Waals surface area contributed by atoms with E-state index in [1.165, 1.54) is 38.4 Å². The molecule has 1 aromatic heterocycles. The molecular weight excluding hydrogens is 633 g/mol. The summed E-state index contributed by atoms with van der Waals surface area (Å²) in [6.45, 7) is 10.5. The number of rotatable bonds is 15. The predicted octanol–water partition coefficient (Wildman–Crippen LogP) is 5.01. The number of pyridine rings is 1. The lowest BCUT2D eigenvalue weighted by Gasteiger charge is -2.37. The Morgan fingerprint density at radius 1 is 1.02 bits per heavy atom. The Morgan fingerprint density at radius 2 is 1.65 bits per heavy atom. The molecule has 0 aliphatic rings. The number of amides is 1. The summed E-state index contributed by atoms with van der Waals surface area (Å²) in [7, 11) is -1.96. The molecule has 0 aliphatic heterocycles. The zero-order chi connectivity index (χ0) is 34.3. The van der Waals surface area contributed by atoms with Crippen LogP contribution in [0.2, 0.25) is 18.1 Å². The number of aromatic nitrogens is 1. The number of hydrogen-bond acceptors (Lipinski definition) is 10. The van der Waals surface area contributed by atoms with Crippen molar-refractivity contribution in [1.29, 1.82) is 0 Å². The summed E-state index contributed by atoms with van der Waals surface area (Å²) in [4.78, 5) is 29.6. The van der Waals surface area contributed by atoms with Crippen molar-refractivity contribution in [1.82, 2.24) is 14.6 Å². The van der Waals surface area contributed by atoms with Gasteiger partial charge in [-0.2, -0.15) is 0 Å². The molecule has 15 heteroatoms. The first-order valence-electron chi connectivity index (χ1n) is 14.4. The Hall–Kier alpha value is -4.05. The van der Waals surface area contributed by atoms with Crippen molar-refractivity contribution in [2.75, 3.05) is 41.0 Å². The van der Waals surface area contributed by atoms with Gasteiger partial charge in [0.15, 0.2) is 24.7 Å². The third kappa shape index (κ3) is 8.81. The fourth-order valence-corrected chi connectivity index (χ4v) is 6.46. The summed E-state index contributed by atoms with van der Waals surface area (Å²) in [5, 5.41) is 11.4. The number of nitro groups is 1. The number of nitrogens with zero attached hydrogens (tertiary/aromatic N) is 3. The summed E-state index contributed by atoms with van der Waals surface area (Å²) in [6.07, 6.45) is 1.61. The van der Waals surface area contributed by atoms with Gasteiger partial charge in [-0.05, 0) is 54.0 Å². The van der Waals surface area contributed by atoms with E-state index < -0.39 is 46.3 Å². The monoisotopic (exact) mass is 674 g/mol. The van der Waals surface area contributed by atoms with E-state index in [2.05, 4.69) is 43.6 Å². The summed E-state index contributed by atoms with van der Waals surface area (Å²) >= 11 is 0. The standard InChI is InChI=1S/C31H42N4O9SSi/c1-31(2,3)46(7,8)44-16-15-34(29(36)20-33-45(39,40)28-12-10-9-11-25(28)35(37)38)21-22-13-14-32-24(17-22)23-18-26(41-4)30(43-6)27(19-23)42-5/h9-14,17-19,33H,15-16,20-21H2,1-8H3. The van der Waals surface area contributed by atoms with Gasteiger partial charge >= 0.3 is 0 Å². The molecule has 0 fully saturated rings. The van der Waals surface area contributed by atoms with Crippen molar-refractivity contribution in [3.63, 3.8) is 0 Å². The minimum atomic E-state index is -4.37. The first-order valence-corrected chi connectivity index (χ1v) is 18.8. The third-order valence-electron chi connectivity index (χ3n) is 7.91. The third-order valence-corrected chi connectivity index (χ3v) is 13.9. The predicted molar refractivity (Wildman–Crippen MR) is 176 cm³/mol. The molecule has 250 valence electrons. The van der Waals surface area contributed by atoms with Gasteiger partial charge in [-0.1, -0.05) is 32.9 Å². The molecule has 3 rings (SSSR count). The van der Waals surface area contributed by atoms with Crippen molar-refractivity contribution in [3.8, 4) is 28.5 Å². The van der Waals surface area contributed by atoms with E-state index in [4.69, 9.17) is 18.6 Å². The molecule has 0 radical (unpaired) electrons. The van der Waals surface area contributed by atoms with Crippen LogP contribution in [0.4, 0.5) is 5.69 Å². The number of hydrogen-bond donors (Lipinski definition) is 1. The number of carbonyl (C=O) groups is 1. The average molecular weight is 675 g/mol. The minimum absolute atomic E-state index is 0.0532. The summed E-state index contributed by atoms with van der Waals surface area (Å²) in [5.41, 5.74) is 1.41. The van der Waals surface area contributed by atoms with Gasteiger partial charge in [-0.25, -0.2) is 13.1 Å². The Balaban J connectivity index is 1.90. The van der Waals surface area contributed by atoms with Crippen LogP contribution in [0.5, 0.6) is 17.2 Å². The first kappa shape index (κ1) is 36.4.